The van der Waals surface area contributed by atoms with Crippen molar-refractivity contribution >= 4 is 5.69 Å². The largest absolute Gasteiger partial charge is 0.496 e. The number of benzene rings is 1. The van der Waals surface area contributed by atoms with Gasteiger partial charge in [-0.1, -0.05) is 19.1 Å². The molecule has 0 radical (unpaired) electrons. The number of rotatable bonds is 5. The van der Waals surface area contributed by atoms with E-state index < -0.39 is 0 Å². The van der Waals surface area contributed by atoms with E-state index in [1.54, 1.807) is 7.11 Å². The van der Waals surface area contributed by atoms with E-state index in [1.165, 1.54) is 12.1 Å². The molecule has 0 saturated carbocycles. The maximum absolute atomic E-state index is 5.80. The highest BCUT2D eigenvalue weighted by Gasteiger charge is 2.34. The number of ether oxygens (including phenoxy) is 2. The zero-order valence-corrected chi connectivity index (χ0v) is 15.9. The van der Waals surface area contributed by atoms with E-state index in [2.05, 4.69) is 47.3 Å². The first-order valence-electron chi connectivity index (χ1n) is 9.49. The van der Waals surface area contributed by atoms with Crippen LogP contribution in [0.25, 0.3) is 11.3 Å². The summed E-state index contributed by atoms with van der Waals surface area (Å²) < 4.78 is 13.3. The molecule has 140 valence electrons. The minimum Gasteiger partial charge on any atom is -0.496 e. The van der Waals surface area contributed by atoms with E-state index in [-0.39, 0.29) is 6.10 Å². The molecule has 26 heavy (non-hydrogen) atoms. The number of methoxy groups -OCH3 is 1. The van der Waals surface area contributed by atoms with Crippen LogP contribution >= 0.6 is 0 Å². The Morgan fingerprint density at radius 3 is 2.81 bits per heavy atom. The molecule has 0 amide bonds. The van der Waals surface area contributed by atoms with Crippen molar-refractivity contribution in [1.82, 2.24) is 15.0 Å². The normalized spacial score (nSPS) is 22.1. The minimum absolute atomic E-state index is 0.248. The third-order valence-corrected chi connectivity index (χ3v) is 5.27. The molecule has 0 spiro atoms. The van der Waals surface area contributed by atoms with Crippen LogP contribution in [0.2, 0.25) is 0 Å². The van der Waals surface area contributed by atoms with Gasteiger partial charge in [0.15, 0.2) is 0 Å². The average Bonchev–Trinajstić information content (AvgIpc) is 3.08. The van der Waals surface area contributed by atoms with Gasteiger partial charge >= 0.3 is 0 Å². The summed E-state index contributed by atoms with van der Waals surface area (Å²) >= 11 is 0. The smallest absolute Gasteiger partial charge is 0.130 e. The van der Waals surface area contributed by atoms with E-state index in [1.807, 2.05) is 10.9 Å². The molecule has 4 rings (SSSR count). The van der Waals surface area contributed by atoms with Gasteiger partial charge < -0.3 is 14.4 Å². The Kier molecular flexibility index (Phi) is 4.61. The van der Waals surface area contributed by atoms with Crippen LogP contribution in [0.5, 0.6) is 5.75 Å². The summed E-state index contributed by atoms with van der Waals surface area (Å²) in [5, 5.41) is 8.64. The van der Waals surface area contributed by atoms with Crippen LogP contribution in [0.1, 0.15) is 33.1 Å². The minimum atomic E-state index is 0.248. The van der Waals surface area contributed by atoms with Crippen molar-refractivity contribution in [3.05, 3.63) is 24.4 Å². The summed E-state index contributed by atoms with van der Waals surface area (Å²) in [6.07, 6.45) is 5.73. The van der Waals surface area contributed by atoms with Crippen molar-refractivity contribution in [3.8, 4) is 17.0 Å². The number of hydrogen-bond donors (Lipinski definition) is 0. The lowest BCUT2D eigenvalue weighted by Gasteiger charge is -2.47. The van der Waals surface area contributed by atoms with E-state index in [0.717, 1.165) is 56.1 Å². The summed E-state index contributed by atoms with van der Waals surface area (Å²) in [7, 11) is 1.71. The van der Waals surface area contributed by atoms with Crippen LogP contribution < -0.4 is 9.64 Å². The van der Waals surface area contributed by atoms with Crippen LogP contribution in [0.15, 0.2) is 24.4 Å². The quantitative estimate of drug-likeness (QED) is 0.822. The van der Waals surface area contributed by atoms with Crippen molar-refractivity contribution < 1.29 is 9.47 Å². The molecule has 2 aliphatic rings. The molecule has 2 aliphatic heterocycles. The standard InChI is InChI=1S/C20H28N4O2/c1-20(2)13-23(14-20)15-7-8-17(19(10-15)25-3)18-12-24(22-21-18)11-16-6-4-5-9-26-16/h7-8,10,12,16H,4-6,9,11,13-14H2,1-3H3. The molecule has 2 saturated heterocycles. The summed E-state index contributed by atoms with van der Waals surface area (Å²) in [6.45, 7) is 8.36. The van der Waals surface area contributed by atoms with E-state index in [0.29, 0.717) is 5.41 Å². The third-order valence-electron chi connectivity index (χ3n) is 5.27. The number of anilines is 1. The molecule has 2 fully saturated rings. The first-order valence-corrected chi connectivity index (χ1v) is 9.49. The van der Waals surface area contributed by atoms with Crippen LogP contribution in [-0.4, -0.2) is 47.9 Å². The summed E-state index contributed by atoms with van der Waals surface area (Å²) in [5.41, 5.74) is 3.42. The predicted molar refractivity (Wildman–Crippen MR) is 102 cm³/mol. The Bertz CT molecular complexity index is 757. The Hall–Kier alpha value is -2.08. The zero-order chi connectivity index (χ0) is 18.1. The monoisotopic (exact) mass is 356 g/mol. The first-order chi connectivity index (χ1) is 12.5. The molecule has 2 aromatic rings. The lowest BCUT2D eigenvalue weighted by atomic mass is 9.84. The van der Waals surface area contributed by atoms with E-state index in [9.17, 15) is 0 Å². The number of aromatic nitrogens is 3. The third kappa shape index (κ3) is 3.56. The van der Waals surface area contributed by atoms with Crippen molar-refractivity contribution in [3.63, 3.8) is 0 Å². The summed E-state index contributed by atoms with van der Waals surface area (Å²) in [4.78, 5) is 2.38. The van der Waals surface area contributed by atoms with Crippen molar-refractivity contribution in [2.75, 3.05) is 31.7 Å². The molecule has 3 heterocycles. The van der Waals surface area contributed by atoms with E-state index in [4.69, 9.17) is 9.47 Å². The van der Waals surface area contributed by atoms with Gasteiger partial charge in [0.05, 0.1) is 26.0 Å². The van der Waals surface area contributed by atoms with Crippen molar-refractivity contribution in [2.45, 2.75) is 45.8 Å². The van der Waals surface area contributed by atoms with Crippen molar-refractivity contribution in [2.24, 2.45) is 5.41 Å². The second-order valence-corrected chi connectivity index (χ2v) is 8.22. The van der Waals surface area contributed by atoms with Crippen LogP contribution in [0.4, 0.5) is 5.69 Å². The second-order valence-electron chi connectivity index (χ2n) is 8.22. The molecule has 0 N–H and O–H groups in total. The van der Waals surface area contributed by atoms with Gasteiger partial charge in [-0.15, -0.1) is 5.10 Å². The molecule has 6 nitrogen and oxygen atoms in total. The SMILES string of the molecule is COc1cc(N2CC(C)(C)C2)ccc1-c1cn(CC2CCCCO2)nn1. The molecule has 1 aromatic heterocycles. The van der Waals surface area contributed by atoms with Crippen LogP contribution in [-0.2, 0) is 11.3 Å². The second kappa shape index (κ2) is 6.91. The van der Waals surface area contributed by atoms with Gasteiger partial charge in [0.25, 0.3) is 0 Å². The highest BCUT2D eigenvalue weighted by Crippen LogP contribution is 2.38. The van der Waals surface area contributed by atoms with Crippen LogP contribution in [0.3, 0.4) is 0 Å². The molecule has 1 atom stereocenters. The molecular weight excluding hydrogens is 328 g/mol. The van der Waals surface area contributed by atoms with Gasteiger partial charge in [0.2, 0.25) is 0 Å². The summed E-state index contributed by atoms with van der Waals surface area (Å²) in [6, 6.07) is 6.34. The Morgan fingerprint density at radius 2 is 2.12 bits per heavy atom. The molecule has 1 aromatic carbocycles. The Balaban J connectivity index is 1.50. The van der Waals surface area contributed by atoms with Crippen molar-refractivity contribution in [1.29, 1.82) is 0 Å². The van der Waals surface area contributed by atoms with Gasteiger partial charge in [-0.05, 0) is 36.8 Å². The molecule has 0 aliphatic carbocycles. The Labute approximate surface area is 155 Å². The Morgan fingerprint density at radius 1 is 1.27 bits per heavy atom. The lowest BCUT2D eigenvalue weighted by molar-refractivity contribution is 0.00370. The molecule has 6 heteroatoms. The van der Waals surface area contributed by atoms with Gasteiger partial charge in [-0.3, -0.25) is 0 Å². The fourth-order valence-electron chi connectivity index (χ4n) is 3.93. The number of hydrogen-bond acceptors (Lipinski definition) is 5. The zero-order valence-electron chi connectivity index (χ0n) is 15.9. The highest BCUT2D eigenvalue weighted by molar-refractivity contribution is 5.71. The van der Waals surface area contributed by atoms with Gasteiger partial charge in [0.1, 0.15) is 11.4 Å². The van der Waals surface area contributed by atoms with E-state index >= 15 is 0 Å². The molecule has 1 unspecified atom stereocenters. The van der Waals surface area contributed by atoms with Gasteiger partial charge in [-0.25, -0.2) is 4.68 Å². The topological polar surface area (TPSA) is 52.4 Å². The fraction of sp³-hybridized carbons (Fsp3) is 0.600. The number of nitrogens with zero attached hydrogens (tertiary/aromatic N) is 4. The highest BCUT2D eigenvalue weighted by atomic mass is 16.5. The maximum Gasteiger partial charge on any atom is 0.130 e. The molecular formula is C20H28N4O2. The molecule has 0 bridgehead atoms. The summed E-state index contributed by atoms with van der Waals surface area (Å²) in [5.74, 6) is 0.841. The van der Waals surface area contributed by atoms with Crippen LogP contribution in [0, 0.1) is 5.41 Å². The maximum atomic E-state index is 5.80. The van der Waals surface area contributed by atoms with Gasteiger partial charge in [-0.2, -0.15) is 0 Å². The lowest BCUT2D eigenvalue weighted by Crippen LogP contribution is -2.53. The average molecular weight is 356 g/mol. The van der Waals surface area contributed by atoms with Gasteiger partial charge in [0, 0.05) is 37.0 Å². The fourth-order valence-corrected chi connectivity index (χ4v) is 3.93. The first kappa shape index (κ1) is 17.3. The predicted octanol–water partition coefficient (Wildman–Crippen LogP) is 3.37.